The second-order valence-corrected chi connectivity index (χ2v) is 8.45. The summed E-state index contributed by atoms with van der Waals surface area (Å²) >= 11 is 5.54. The minimum absolute atomic E-state index is 0.567. The summed E-state index contributed by atoms with van der Waals surface area (Å²) in [6, 6.07) is 20.5. The average Bonchev–Trinajstić information content (AvgIpc) is 3.51. The molecule has 0 bridgehead atoms. The molecule has 5 rings (SSSR count). The molecule has 1 N–H and O–H groups in total. The average molecular weight is 456 g/mol. The van der Waals surface area contributed by atoms with E-state index in [-0.39, 0.29) is 0 Å². The van der Waals surface area contributed by atoms with Crippen molar-refractivity contribution in [3.05, 3.63) is 106 Å². The molecule has 0 atom stereocenters. The van der Waals surface area contributed by atoms with E-state index in [0.717, 1.165) is 41.4 Å². The molecule has 0 unspecified atom stereocenters. The molecule has 3 heterocycles. The number of aryl methyl sites for hydroxylation is 2. The molecule has 166 valence electrons. The first-order valence-electron chi connectivity index (χ1n) is 10.9. The number of H-pyrrole nitrogens is 1. The van der Waals surface area contributed by atoms with E-state index in [4.69, 9.17) is 17.3 Å². The zero-order chi connectivity index (χ0) is 22.8. The first kappa shape index (κ1) is 21.1. The van der Waals surface area contributed by atoms with E-state index in [0.29, 0.717) is 11.3 Å². The van der Waals surface area contributed by atoms with Crippen LogP contribution in [0, 0.1) is 18.6 Å². The van der Waals surface area contributed by atoms with E-state index in [1.54, 1.807) is 0 Å². The number of nitrogens with zero attached hydrogens (tertiary/aromatic N) is 6. The summed E-state index contributed by atoms with van der Waals surface area (Å²) in [6.07, 6.45) is 5.40. The minimum Gasteiger partial charge on any atom is -0.269 e. The third-order valence-electron chi connectivity index (χ3n) is 5.85. The highest BCUT2D eigenvalue weighted by Gasteiger charge is 2.16. The fourth-order valence-corrected chi connectivity index (χ4v) is 4.44. The van der Waals surface area contributed by atoms with Gasteiger partial charge in [-0.1, -0.05) is 48.5 Å². The lowest BCUT2D eigenvalue weighted by Crippen LogP contribution is -2.05. The summed E-state index contributed by atoms with van der Waals surface area (Å²) in [5.74, 6) is 0.880. The molecule has 0 fully saturated rings. The maximum atomic E-state index is 5.54. The maximum Gasteiger partial charge on any atom is 0.199 e. The highest BCUT2D eigenvalue weighted by atomic mass is 32.1. The molecule has 0 aliphatic heterocycles. The smallest absolute Gasteiger partial charge is 0.199 e. The van der Waals surface area contributed by atoms with Crippen molar-refractivity contribution in [2.75, 3.05) is 0 Å². The molecule has 2 aromatic carbocycles. The number of aromatic nitrogens is 7. The van der Waals surface area contributed by atoms with E-state index in [2.05, 4.69) is 53.4 Å². The van der Waals surface area contributed by atoms with Crippen LogP contribution in [-0.2, 0) is 19.4 Å². The second-order valence-electron chi connectivity index (χ2n) is 8.06. The highest BCUT2D eigenvalue weighted by molar-refractivity contribution is 7.71. The Morgan fingerprint density at radius 3 is 2.39 bits per heavy atom. The molecule has 5 aromatic rings. The van der Waals surface area contributed by atoms with Gasteiger partial charge in [-0.25, -0.2) is 4.68 Å². The van der Waals surface area contributed by atoms with Gasteiger partial charge < -0.3 is 0 Å². The van der Waals surface area contributed by atoms with Crippen LogP contribution >= 0.6 is 12.2 Å². The lowest BCUT2D eigenvalue weighted by molar-refractivity contribution is 0.686. The molecule has 0 aliphatic rings. The molecule has 8 heteroatoms. The van der Waals surface area contributed by atoms with Crippen molar-refractivity contribution in [3.63, 3.8) is 0 Å². The number of aromatic amines is 1. The number of para-hydroxylation sites is 1. The Bertz CT molecular complexity index is 1420. The fourth-order valence-electron chi connectivity index (χ4n) is 4.18. The highest BCUT2D eigenvalue weighted by Crippen LogP contribution is 2.20. The topological polar surface area (TPSA) is 69.2 Å². The third kappa shape index (κ3) is 4.29. The van der Waals surface area contributed by atoms with Crippen LogP contribution in [0.15, 0.2) is 73.1 Å². The zero-order valence-corrected chi connectivity index (χ0v) is 19.5. The van der Waals surface area contributed by atoms with E-state index >= 15 is 0 Å². The summed E-state index contributed by atoms with van der Waals surface area (Å²) in [4.78, 5) is 0. The van der Waals surface area contributed by atoms with Crippen LogP contribution in [-0.4, -0.2) is 34.3 Å². The Morgan fingerprint density at radius 1 is 0.909 bits per heavy atom. The van der Waals surface area contributed by atoms with Crippen LogP contribution in [0.3, 0.4) is 0 Å². The molecule has 0 amide bonds. The maximum absolute atomic E-state index is 5.54. The lowest BCUT2D eigenvalue weighted by atomic mass is 10.1. The summed E-state index contributed by atoms with van der Waals surface area (Å²) in [6.45, 7) is 4.89. The first-order chi connectivity index (χ1) is 16.1. The molecule has 0 saturated carbocycles. The van der Waals surface area contributed by atoms with Crippen molar-refractivity contribution in [1.29, 1.82) is 0 Å². The van der Waals surface area contributed by atoms with Crippen LogP contribution < -0.4 is 0 Å². The fraction of sp³-hybridized carbons (Fsp3) is 0.200. The molecule has 0 saturated heterocycles. The molecule has 0 spiro atoms. The van der Waals surface area contributed by atoms with Crippen molar-refractivity contribution in [2.24, 2.45) is 0 Å². The van der Waals surface area contributed by atoms with Crippen LogP contribution in [0.25, 0.3) is 11.4 Å². The summed E-state index contributed by atoms with van der Waals surface area (Å²) in [5.41, 5.74) is 6.59. The van der Waals surface area contributed by atoms with Crippen molar-refractivity contribution >= 4 is 12.2 Å². The zero-order valence-electron chi connectivity index (χ0n) is 18.6. The molecule has 3 aromatic heterocycles. The van der Waals surface area contributed by atoms with Crippen LogP contribution in [0.4, 0.5) is 0 Å². The predicted molar refractivity (Wildman–Crippen MR) is 131 cm³/mol. The van der Waals surface area contributed by atoms with Gasteiger partial charge in [0, 0.05) is 18.3 Å². The van der Waals surface area contributed by atoms with Crippen molar-refractivity contribution in [1.82, 2.24) is 34.3 Å². The van der Waals surface area contributed by atoms with Gasteiger partial charge in [0.05, 0.1) is 29.8 Å². The third-order valence-corrected chi connectivity index (χ3v) is 6.12. The monoisotopic (exact) mass is 455 g/mol. The Morgan fingerprint density at radius 2 is 1.64 bits per heavy atom. The Kier molecular flexibility index (Phi) is 5.75. The molecular formula is C25H25N7S. The van der Waals surface area contributed by atoms with Gasteiger partial charge in [0.1, 0.15) is 5.82 Å². The Balaban J connectivity index is 1.37. The largest absolute Gasteiger partial charge is 0.269 e. The van der Waals surface area contributed by atoms with Gasteiger partial charge in [-0.3, -0.25) is 14.3 Å². The number of benzene rings is 2. The summed E-state index contributed by atoms with van der Waals surface area (Å²) in [5, 5.41) is 16.8. The number of nitrogens with one attached hydrogen (secondary N) is 1. The molecule has 0 aliphatic carbocycles. The van der Waals surface area contributed by atoms with E-state index in [1.807, 2.05) is 62.7 Å². The first-order valence-corrected chi connectivity index (χ1v) is 11.3. The lowest BCUT2D eigenvalue weighted by Gasteiger charge is -2.06. The standard InChI is InChI=1S/C25H25N7S/c1-18-23(19(2)32(29-18)21-11-7-4-8-12-21)13-14-24-27-28-25(33)31(24)22-15-26-30(17-22)16-20-9-5-3-6-10-20/h3-12,15,17H,13-14,16H2,1-2H3,(H,28,33). The normalized spacial score (nSPS) is 11.2. The SMILES string of the molecule is Cc1nn(-c2ccccc2)c(C)c1CCc1n[nH]c(=S)n1-c1cnn(Cc2ccccc2)c1. The van der Waals surface area contributed by atoms with Gasteiger partial charge in [0.2, 0.25) is 0 Å². The van der Waals surface area contributed by atoms with Gasteiger partial charge >= 0.3 is 0 Å². The summed E-state index contributed by atoms with van der Waals surface area (Å²) in [7, 11) is 0. The van der Waals surface area contributed by atoms with Gasteiger partial charge in [0.25, 0.3) is 0 Å². The van der Waals surface area contributed by atoms with Crippen molar-refractivity contribution in [2.45, 2.75) is 33.2 Å². The van der Waals surface area contributed by atoms with Crippen LogP contribution in [0.5, 0.6) is 0 Å². The van der Waals surface area contributed by atoms with E-state index < -0.39 is 0 Å². The van der Waals surface area contributed by atoms with Crippen molar-refractivity contribution < 1.29 is 0 Å². The quantitative estimate of drug-likeness (QED) is 0.359. The van der Waals surface area contributed by atoms with Gasteiger partial charge in [0.15, 0.2) is 4.77 Å². The Labute approximate surface area is 197 Å². The summed E-state index contributed by atoms with van der Waals surface area (Å²) < 4.78 is 6.46. The van der Waals surface area contributed by atoms with E-state index in [9.17, 15) is 0 Å². The second kappa shape index (κ2) is 8.99. The van der Waals surface area contributed by atoms with Crippen molar-refractivity contribution in [3.8, 4) is 11.4 Å². The number of hydrogen-bond acceptors (Lipinski definition) is 4. The van der Waals surface area contributed by atoms with Gasteiger partial charge in [-0.05, 0) is 55.7 Å². The Hall–Kier alpha value is -3.78. The number of rotatable bonds is 7. The van der Waals surface area contributed by atoms with Crippen LogP contribution in [0.1, 0.15) is 28.3 Å². The molecule has 0 radical (unpaired) electrons. The minimum atomic E-state index is 0.567. The van der Waals surface area contributed by atoms with Gasteiger partial charge in [-0.15, -0.1) is 0 Å². The van der Waals surface area contributed by atoms with Gasteiger partial charge in [-0.2, -0.15) is 15.3 Å². The van der Waals surface area contributed by atoms with E-state index in [1.165, 1.54) is 11.1 Å². The van der Waals surface area contributed by atoms with Crippen LogP contribution in [0.2, 0.25) is 0 Å². The molecule has 33 heavy (non-hydrogen) atoms. The molecular weight excluding hydrogens is 430 g/mol. The predicted octanol–water partition coefficient (Wildman–Crippen LogP) is 4.76. The number of hydrogen-bond donors (Lipinski definition) is 1. The molecule has 7 nitrogen and oxygen atoms in total.